The van der Waals surface area contributed by atoms with E-state index in [1.165, 1.54) is 12.3 Å². The van der Waals surface area contributed by atoms with Crippen LogP contribution < -0.4 is 10.7 Å². The number of hydrazone groups is 1. The van der Waals surface area contributed by atoms with Crippen molar-refractivity contribution in [3.05, 3.63) is 47.7 Å². The standard InChI is InChI=1S/C15H15N3O3S/c1-2-16-15(22)18-17-9-12-6-7-13(21-12)10-4-3-5-11(8-10)14(19)20/h3-9H,2H2,1H3,(H,19,20)(H2,16,18,22)/b17-9+. The lowest BCUT2D eigenvalue weighted by molar-refractivity contribution is 0.0697. The molecule has 0 saturated carbocycles. The molecule has 7 heteroatoms. The first kappa shape index (κ1) is 15.7. The molecule has 0 atom stereocenters. The van der Waals surface area contributed by atoms with E-state index in [4.69, 9.17) is 21.7 Å². The van der Waals surface area contributed by atoms with Gasteiger partial charge in [0.25, 0.3) is 0 Å². The Hall–Kier alpha value is -2.67. The fraction of sp³-hybridized carbons (Fsp3) is 0.133. The average Bonchev–Trinajstić information content (AvgIpc) is 2.96. The zero-order valence-corrected chi connectivity index (χ0v) is 12.7. The number of carbonyl (C=O) groups is 1. The second kappa shape index (κ2) is 7.37. The molecule has 1 aromatic heterocycles. The van der Waals surface area contributed by atoms with Crippen LogP contribution in [-0.4, -0.2) is 28.9 Å². The van der Waals surface area contributed by atoms with E-state index in [0.717, 1.165) is 0 Å². The van der Waals surface area contributed by atoms with Crippen LogP contribution in [0.5, 0.6) is 0 Å². The van der Waals surface area contributed by atoms with E-state index in [-0.39, 0.29) is 5.56 Å². The topological polar surface area (TPSA) is 86.9 Å². The van der Waals surface area contributed by atoms with Gasteiger partial charge in [-0.15, -0.1) is 0 Å². The first-order valence-electron chi connectivity index (χ1n) is 6.60. The Morgan fingerprint density at radius 1 is 1.41 bits per heavy atom. The summed E-state index contributed by atoms with van der Waals surface area (Å²) in [6.45, 7) is 2.65. The summed E-state index contributed by atoms with van der Waals surface area (Å²) in [5.41, 5.74) is 3.56. The monoisotopic (exact) mass is 317 g/mol. The summed E-state index contributed by atoms with van der Waals surface area (Å²) in [4.78, 5) is 11.0. The number of aromatic carboxylic acids is 1. The van der Waals surface area contributed by atoms with Crippen molar-refractivity contribution in [3.63, 3.8) is 0 Å². The van der Waals surface area contributed by atoms with Gasteiger partial charge < -0.3 is 14.8 Å². The molecule has 22 heavy (non-hydrogen) atoms. The van der Waals surface area contributed by atoms with E-state index in [1.54, 1.807) is 30.3 Å². The Kier molecular flexibility index (Phi) is 5.26. The first-order valence-corrected chi connectivity index (χ1v) is 7.01. The molecular formula is C15H15N3O3S. The van der Waals surface area contributed by atoms with Crippen LogP contribution in [0.1, 0.15) is 23.0 Å². The molecule has 0 aliphatic heterocycles. The van der Waals surface area contributed by atoms with Gasteiger partial charge in [-0.25, -0.2) is 4.79 Å². The van der Waals surface area contributed by atoms with Crippen molar-refractivity contribution in [1.29, 1.82) is 0 Å². The summed E-state index contributed by atoms with van der Waals surface area (Å²) in [6, 6.07) is 10.0. The van der Waals surface area contributed by atoms with Crippen LogP contribution in [0.25, 0.3) is 11.3 Å². The van der Waals surface area contributed by atoms with Gasteiger partial charge in [0.15, 0.2) is 5.11 Å². The predicted octanol–water partition coefficient (Wildman–Crippen LogP) is 2.46. The van der Waals surface area contributed by atoms with E-state index in [2.05, 4.69) is 15.8 Å². The van der Waals surface area contributed by atoms with E-state index in [1.807, 2.05) is 6.92 Å². The second-order valence-electron chi connectivity index (χ2n) is 4.32. The molecule has 0 unspecified atom stereocenters. The molecule has 114 valence electrons. The number of hydrogen-bond acceptors (Lipinski definition) is 4. The number of thiocarbonyl (C=S) groups is 1. The summed E-state index contributed by atoms with van der Waals surface area (Å²) >= 11 is 4.97. The Balaban J connectivity index is 2.08. The van der Waals surface area contributed by atoms with Gasteiger partial charge in [-0.3, -0.25) is 5.43 Å². The lowest BCUT2D eigenvalue weighted by Crippen LogP contribution is -2.31. The molecule has 0 radical (unpaired) electrons. The molecule has 1 heterocycles. The van der Waals surface area contributed by atoms with Crippen LogP contribution in [0, 0.1) is 0 Å². The van der Waals surface area contributed by atoms with Crippen LogP contribution in [0.4, 0.5) is 0 Å². The number of furan rings is 1. The zero-order chi connectivity index (χ0) is 15.9. The van der Waals surface area contributed by atoms with Crippen molar-refractivity contribution in [3.8, 4) is 11.3 Å². The lowest BCUT2D eigenvalue weighted by atomic mass is 10.1. The fourth-order valence-corrected chi connectivity index (χ4v) is 1.93. The Labute approximate surface area is 132 Å². The highest BCUT2D eigenvalue weighted by atomic mass is 32.1. The van der Waals surface area contributed by atoms with Gasteiger partial charge in [-0.1, -0.05) is 12.1 Å². The number of nitrogens with zero attached hydrogens (tertiary/aromatic N) is 1. The van der Waals surface area contributed by atoms with Crippen LogP contribution in [-0.2, 0) is 0 Å². The van der Waals surface area contributed by atoms with Gasteiger partial charge in [0, 0.05) is 12.1 Å². The average molecular weight is 317 g/mol. The first-order chi connectivity index (χ1) is 10.6. The van der Waals surface area contributed by atoms with E-state index in [0.29, 0.717) is 28.7 Å². The summed E-state index contributed by atoms with van der Waals surface area (Å²) in [6.07, 6.45) is 1.49. The molecule has 2 aromatic rings. The van der Waals surface area contributed by atoms with Gasteiger partial charge >= 0.3 is 5.97 Å². The van der Waals surface area contributed by atoms with Crippen molar-refractivity contribution in [2.45, 2.75) is 6.92 Å². The van der Waals surface area contributed by atoms with E-state index in [9.17, 15) is 4.79 Å². The maximum absolute atomic E-state index is 11.0. The minimum absolute atomic E-state index is 0.210. The zero-order valence-electron chi connectivity index (χ0n) is 11.9. The quantitative estimate of drug-likeness (QED) is 0.446. The summed E-state index contributed by atoms with van der Waals surface area (Å²) < 4.78 is 5.60. The molecule has 0 aliphatic carbocycles. The van der Waals surface area contributed by atoms with Crippen molar-refractivity contribution < 1.29 is 14.3 Å². The third kappa shape index (κ3) is 4.16. The highest BCUT2D eigenvalue weighted by Gasteiger charge is 2.07. The lowest BCUT2D eigenvalue weighted by Gasteiger charge is -2.01. The van der Waals surface area contributed by atoms with Gasteiger partial charge in [0.2, 0.25) is 0 Å². The van der Waals surface area contributed by atoms with Gasteiger partial charge in [0.1, 0.15) is 11.5 Å². The highest BCUT2D eigenvalue weighted by molar-refractivity contribution is 7.80. The normalized spacial score (nSPS) is 10.6. The fourth-order valence-electron chi connectivity index (χ4n) is 1.74. The molecule has 0 spiro atoms. The maximum Gasteiger partial charge on any atom is 0.335 e. The number of hydrogen-bond donors (Lipinski definition) is 3. The highest BCUT2D eigenvalue weighted by Crippen LogP contribution is 2.22. The molecule has 2 rings (SSSR count). The number of carboxylic acid groups (broad SMARTS) is 1. The van der Waals surface area contributed by atoms with Crippen LogP contribution in [0.2, 0.25) is 0 Å². The third-order valence-electron chi connectivity index (χ3n) is 2.72. The summed E-state index contributed by atoms with van der Waals surface area (Å²) in [5.74, 6) is 0.123. The second-order valence-corrected chi connectivity index (χ2v) is 4.73. The smallest absolute Gasteiger partial charge is 0.335 e. The number of carboxylic acids is 1. The number of rotatable bonds is 5. The molecule has 0 amide bonds. The molecular weight excluding hydrogens is 302 g/mol. The van der Waals surface area contributed by atoms with Gasteiger partial charge in [-0.2, -0.15) is 5.10 Å². The van der Waals surface area contributed by atoms with E-state index >= 15 is 0 Å². The molecule has 0 fully saturated rings. The van der Waals surface area contributed by atoms with Gasteiger partial charge in [-0.05, 0) is 43.4 Å². The molecule has 3 N–H and O–H groups in total. The van der Waals surface area contributed by atoms with Crippen LogP contribution >= 0.6 is 12.2 Å². The third-order valence-corrected chi connectivity index (χ3v) is 2.95. The largest absolute Gasteiger partial charge is 0.478 e. The molecule has 0 bridgehead atoms. The van der Waals surface area contributed by atoms with Gasteiger partial charge in [0.05, 0.1) is 11.8 Å². The summed E-state index contributed by atoms with van der Waals surface area (Å²) in [5, 5.41) is 16.3. The molecule has 6 nitrogen and oxygen atoms in total. The van der Waals surface area contributed by atoms with E-state index < -0.39 is 5.97 Å². The van der Waals surface area contributed by atoms with Crippen molar-refractivity contribution in [2.75, 3.05) is 6.54 Å². The Morgan fingerprint density at radius 3 is 2.95 bits per heavy atom. The van der Waals surface area contributed by atoms with Crippen molar-refractivity contribution in [1.82, 2.24) is 10.7 Å². The predicted molar refractivity (Wildman–Crippen MR) is 88.1 cm³/mol. The number of benzene rings is 1. The Morgan fingerprint density at radius 2 is 2.23 bits per heavy atom. The SMILES string of the molecule is CCNC(=S)N/N=C/c1ccc(-c2cccc(C(=O)O)c2)o1. The van der Waals surface area contributed by atoms with Crippen molar-refractivity contribution in [2.24, 2.45) is 5.10 Å². The van der Waals surface area contributed by atoms with Crippen molar-refractivity contribution >= 4 is 29.5 Å². The molecule has 1 aromatic carbocycles. The van der Waals surface area contributed by atoms with Crippen LogP contribution in [0.3, 0.4) is 0 Å². The molecule has 0 aliphatic rings. The maximum atomic E-state index is 11.0. The minimum atomic E-state index is -0.976. The molecule has 0 saturated heterocycles. The van der Waals surface area contributed by atoms with Crippen LogP contribution in [0.15, 0.2) is 45.9 Å². The summed E-state index contributed by atoms with van der Waals surface area (Å²) in [7, 11) is 0. The minimum Gasteiger partial charge on any atom is -0.478 e. The Bertz CT molecular complexity index is 710. The number of nitrogens with one attached hydrogen (secondary N) is 2.